The first-order valence-electron chi connectivity index (χ1n) is 12.1. The molecule has 0 amide bonds. The van der Waals surface area contributed by atoms with Crippen molar-refractivity contribution < 1.29 is 26.7 Å². The normalized spacial score (nSPS) is 13.0. The predicted molar refractivity (Wildman–Crippen MR) is 136 cm³/mol. The number of fused-ring (bicyclic) bond motifs is 1. The number of anilines is 1. The lowest BCUT2D eigenvalue weighted by atomic mass is 10.0. The molecule has 3 heterocycles. The molecule has 3 N–H and O–H groups in total. The van der Waals surface area contributed by atoms with Crippen LogP contribution in [-0.4, -0.2) is 32.8 Å². The summed E-state index contributed by atoms with van der Waals surface area (Å²) in [5.74, 6) is -1.64. The van der Waals surface area contributed by atoms with E-state index in [4.69, 9.17) is 10.5 Å². The number of nitrogens with zero attached hydrogens (tertiary/aromatic N) is 4. The van der Waals surface area contributed by atoms with E-state index in [1.807, 2.05) is 6.92 Å². The summed E-state index contributed by atoms with van der Waals surface area (Å²) < 4.78 is 74.7. The van der Waals surface area contributed by atoms with Crippen LogP contribution in [0.2, 0.25) is 0 Å². The Morgan fingerprint density at radius 3 is 2.62 bits per heavy atom. The molecule has 12 heteroatoms. The van der Waals surface area contributed by atoms with Gasteiger partial charge in [-0.2, -0.15) is 18.3 Å². The first-order valence-corrected chi connectivity index (χ1v) is 12.1. The maximum absolute atomic E-state index is 14.2. The van der Waals surface area contributed by atoms with E-state index in [1.54, 1.807) is 11.1 Å². The molecular weight excluding hydrogens is 519 g/mol. The van der Waals surface area contributed by atoms with Crippen LogP contribution < -0.4 is 10.5 Å². The van der Waals surface area contributed by atoms with Crippen LogP contribution in [-0.2, 0) is 19.3 Å². The maximum Gasteiger partial charge on any atom is 0.417 e. The van der Waals surface area contributed by atoms with Crippen molar-refractivity contribution in [3.8, 4) is 28.4 Å². The van der Waals surface area contributed by atoms with Gasteiger partial charge in [-0.3, -0.25) is 5.01 Å². The Labute approximate surface area is 220 Å². The Balaban J connectivity index is 1.35. The molecule has 0 atom stereocenters. The molecule has 0 spiro atoms. The van der Waals surface area contributed by atoms with Crippen molar-refractivity contribution in [3.63, 3.8) is 0 Å². The highest BCUT2D eigenvalue weighted by molar-refractivity contribution is 5.81. The smallest absolute Gasteiger partial charge is 0.417 e. The third kappa shape index (κ3) is 5.40. The largest absolute Gasteiger partial charge is 0.494 e. The third-order valence-electron chi connectivity index (χ3n) is 6.11. The summed E-state index contributed by atoms with van der Waals surface area (Å²) in [4.78, 5) is 11.6. The third-order valence-corrected chi connectivity index (χ3v) is 6.11. The number of hydrogen-bond donors (Lipinski definition) is 2. The number of aromatic nitrogens is 3. The lowest BCUT2D eigenvalue weighted by Gasteiger charge is -2.22. The van der Waals surface area contributed by atoms with Gasteiger partial charge in [0.1, 0.15) is 17.4 Å². The number of aromatic amines is 1. The number of halogens is 5. The van der Waals surface area contributed by atoms with Crippen molar-refractivity contribution >= 4 is 12.0 Å². The van der Waals surface area contributed by atoms with Crippen molar-refractivity contribution in [1.82, 2.24) is 20.0 Å². The van der Waals surface area contributed by atoms with Crippen LogP contribution in [0.25, 0.3) is 22.6 Å². The Kier molecular flexibility index (Phi) is 6.94. The zero-order chi connectivity index (χ0) is 27.7. The van der Waals surface area contributed by atoms with Crippen LogP contribution in [0.5, 0.6) is 5.75 Å². The number of hydrazone groups is 1. The Bertz CT molecular complexity index is 1550. The molecule has 7 nitrogen and oxygen atoms in total. The summed E-state index contributed by atoms with van der Waals surface area (Å²) in [7, 11) is 0. The van der Waals surface area contributed by atoms with Crippen molar-refractivity contribution in [2.45, 2.75) is 32.6 Å². The fourth-order valence-corrected chi connectivity index (χ4v) is 4.19. The molecule has 2 aromatic heterocycles. The van der Waals surface area contributed by atoms with Crippen LogP contribution in [0.4, 0.5) is 27.8 Å². The number of hydrogen-bond acceptors (Lipinski definition) is 6. The van der Waals surface area contributed by atoms with Crippen LogP contribution in [0.15, 0.2) is 53.6 Å². The van der Waals surface area contributed by atoms with Crippen LogP contribution >= 0.6 is 0 Å². The van der Waals surface area contributed by atoms with E-state index in [-0.39, 0.29) is 47.3 Å². The van der Waals surface area contributed by atoms with E-state index in [0.717, 1.165) is 12.1 Å². The fourth-order valence-electron chi connectivity index (χ4n) is 4.19. The number of pyridine rings is 1. The fraction of sp³-hybridized carbons (Fsp3) is 0.222. The number of nitrogens with two attached hydrogens (primary N) is 1. The van der Waals surface area contributed by atoms with Gasteiger partial charge >= 0.3 is 6.18 Å². The molecule has 4 aromatic rings. The molecule has 5 rings (SSSR count). The van der Waals surface area contributed by atoms with Crippen LogP contribution in [0.1, 0.15) is 35.9 Å². The number of imidazole rings is 1. The molecule has 0 bridgehead atoms. The second-order valence-corrected chi connectivity index (χ2v) is 8.91. The lowest BCUT2D eigenvalue weighted by molar-refractivity contribution is -0.137. The van der Waals surface area contributed by atoms with Crippen LogP contribution in [0.3, 0.4) is 0 Å². The highest BCUT2D eigenvalue weighted by Crippen LogP contribution is 2.39. The summed E-state index contributed by atoms with van der Waals surface area (Å²) in [6.07, 6.45) is -2.45. The Morgan fingerprint density at radius 1 is 1.05 bits per heavy atom. The molecule has 39 heavy (non-hydrogen) atoms. The first-order chi connectivity index (χ1) is 18.6. The summed E-state index contributed by atoms with van der Waals surface area (Å²) in [5, 5.41) is 5.97. The van der Waals surface area contributed by atoms with E-state index < -0.39 is 23.4 Å². The average Bonchev–Trinajstić information content (AvgIpc) is 3.33. The monoisotopic (exact) mass is 542 g/mol. The van der Waals surface area contributed by atoms with Gasteiger partial charge in [0.25, 0.3) is 0 Å². The Morgan fingerprint density at radius 2 is 1.87 bits per heavy atom. The van der Waals surface area contributed by atoms with Crippen molar-refractivity contribution in [1.29, 1.82) is 0 Å². The second-order valence-electron chi connectivity index (χ2n) is 8.91. The van der Waals surface area contributed by atoms with Gasteiger partial charge < -0.3 is 15.5 Å². The van der Waals surface area contributed by atoms with Gasteiger partial charge in [-0.15, -0.1) is 0 Å². The number of nitrogen functional groups attached to an aromatic ring is 1. The highest BCUT2D eigenvalue weighted by Gasteiger charge is 2.35. The molecule has 202 valence electrons. The number of H-pyrrole nitrogens is 1. The molecule has 2 aromatic carbocycles. The van der Waals surface area contributed by atoms with Crippen molar-refractivity contribution in [2.24, 2.45) is 5.10 Å². The predicted octanol–water partition coefficient (Wildman–Crippen LogP) is 6.16. The van der Waals surface area contributed by atoms with E-state index in [0.29, 0.717) is 30.0 Å². The molecular formula is C27H23F5N6O. The molecule has 0 saturated carbocycles. The number of alkyl halides is 3. The van der Waals surface area contributed by atoms with Gasteiger partial charge in [0.05, 0.1) is 54.1 Å². The quantitative estimate of drug-likeness (QED) is 0.273. The molecule has 0 radical (unpaired) electrons. The Hall–Kier alpha value is -4.48. The molecule has 0 saturated heterocycles. The minimum absolute atomic E-state index is 0.00318. The van der Waals surface area contributed by atoms with Gasteiger partial charge in [-0.1, -0.05) is 19.1 Å². The van der Waals surface area contributed by atoms with Crippen molar-refractivity contribution in [2.75, 3.05) is 12.3 Å². The molecule has 0 unspecified atom stereocenters. The molecule has 0 aliphatic carbocycles. The maximum atomic E-state index is 14.2. The summed E-state index contributed by atoms with van der Waals surface area (Å²) in [6, 6.07) is 10.7. The molecule has 1 aliphatic rings. The SMILES string of the molecule is CCCOc1ccc(-c2ccc(CN3Cc4nc(-c5cccc(F)c5F)[nH]c4C=N3)c(N)n2)c(C(F)(F)F)c1. The number of nitrogens with one attached hydrogen (secondary N) is 1. The lowest BCUT2D eigenvalue weighted by Crippen LogP contribution is -2.22. The van der Waals surface area contributed by atoms with E-state index in [1.165, 1.54) is 36.5 Å². The standard InChI is InChI=1S/C27H23F5N6O/c1-2-10-39-16-7-8-17(19(11-16)27(30,31)32)21-9-6-15(25(33)35-21)13-38-14-23-22(12-34-38)36-26(37-23)18-4-3-5-20(28)24(18)29/h3-9,11-12H,2,10,13-14H2,1H3,(H2,33,35)(H,36,37). The van der Waals surface area contributed by atoms with Gasteiger partial charge in [0.2, 0.25) is 0 Å². The zero-order valence-electron chi connectivity index (χ0n) is 20.7. The molecule has 1 aliphatic heterocycles. The average molecular weight is 543 g/mol. The second kappa shape index (κ2) is 10.4. The van der Waals surface area contributed by atoms with E-state index >= 15 is 0 Å². The van der Waals surface area contributed by atoms with Gasteiger partial charge in [0, 0.05) is 11.1 Å². The van der Waals surface area contributed by atoms with Crippen molar-refractivity contribution in [3.05, 3.63) is 82.7 Å². The topological polar surface area (TPSA) is 92.4 Å². The highest BCUT2D eigenvalue weighted by atomic mass is 19.4. The summed E-state index contributed by atoms with van der Waals surface area (Å²) >= 11 is 0. The number of rotatable bonds is 7. The zero-order valence-corrected chi connectivity index (χ0v) is 20.7. The summed E-state index contributed by atoms with van der Waals surface area (Å²) in [6.45, 7) is 2.60. The summed E-state index contributed by atoms with van der Waals surface area (Å²) in [5.41, 5.74) is 6.89. The molecule has 0 fully saturated rings. The van der Waals surface area contributed by atoms with Gasteiger partial charge in [-0.25, -0.2) is 18.7 Å². The number of ether oxygens (including phenoxy) is 1. The van der Waals surface area contributed by atoms with Gasteiger partial charge in [0.15, 0.2) is 11.6 Å². The van der Waals surface area contributed by atoms with Crippen LogP contribution in [0, 0.1) is 11.6 Å². The number of benzene rings is 2. The van der Waals surface area contributed by atoms with Gasteiger partial charge in [-0.05, 0) is 42.8 Å². The minimum atomic E-state index is -4.62. The van der Waals surface area contributed by atoms with E-state index in [2.05, 4.69) is 20.1 Å². The van der Waals surface area contributed by atoms with E-state index in [9.17, 15) is 22.0 Å². The first kappa shape index (κ1) is 26.1. The minimum Gasteiger partial charge on any atom is -0.494 e.